The Balaban J connectivity index is 2.15. The fraction of sp³-hybridized carbons (Fsp3) is 0.263. The van der Waals surface area contributed by atoms with Gasteiger partial charge in [0, 0.05) is 17.0 Å². The summed E-state index contributed by atoms with van der Waals surface area (Å²) >= 11 is 1.70. The van der Waals surface area contributed by atoms with E-state index in [4.69, 9.17) is 4.74 Å². The van der Waals surface area contributed by atoms with Crippen LogP contribution in [0.15, 0.2) is 36.9 Å². The molecular weight excluding hydrogens is 318 g/mol. The molecule has 0 aliphatic heterocycles. The smallest absolute Gasteiger partial charge is 0.139 e. The third-order valence-electron chi connectivity index (χ3n) is 3.71. The summed E-state index contributed by atoms with van der Waals surface area (Å²) in [7, 11) is 0. The molecule has 0 bridgehead atoms. The molecular formula is C19H21N3OS. The molecule has 0 radical (unpaired) electrons. The van der Waals surface area contributed by atoms with E-state index < -0.39 is 0 Å². The van der Waals surface area contributed by atoms with Crippen LogP contribution in [0.2, 0.25) is 0 Å². The first-order chi connectivity index (χ1) is 11.6. The Morgan fingerprint density at radius 1 is 1.21 bits per heavy atom. The van der Waals surface area contributed by atoms with Crippen LogP contribution in [0.1, 0.15) is 17.6 Å². The summed E-state index contributed by atoms with van der Waals surface area (Å²) in [4.78, 5) is 11.5. The van der Waals surface area contributed by atoms with E-state index in [1.807, 2.05) is 32.1 Å². The molecule has 2 heterocycles. The number of aryl methyl sites for hydroxylation is 2. The van der Waals surface area contributed by atoms with Crippen LogP contribution in [0.3, 0.4) is 0 Å². The number of hydrogen-bond donors (Lipinski definition) is 1. The number of nitrogens with one attached hydrogen (secondary N) is 1. The second-order valence-corrected chi connectivity index (χ2v) is 6.66. The van der Waals surface area contributed by atoms with E-state index in [9.17, 15) is 0 Å². The van der Waals surface area contributed by atoms with E-state index in [-0.39, 0.29) is 0 Å². The minimum Gasteiger partial charge on any atom is -0.494 e. The third kappa shape index (κ3) is 3.12. The lowest BCUT2D eigenvalue weighted by atomic mass is 10.0. The Morgan fingerprint density at radius 2 is 1.96 bits per heavy atom. The predicted molar refractivity (Wildman–Crippen MR) is 102 cm³/mol. The van der Waals surface area contributed by atoms with Crippen molar-refractivity contribution in [1.29, 1.82) is 0 Å². The van der Waals surface area contributed by atoms with Crippen molar-refractivity contribution in [3.8, 4) is 16.9 Å². The maximum Gasteiger partial charge on any atom is 0.139 e. The van der Waals surface area contributed by atoms with E-state index in [0.717, 1.165) is 33.2 Å². The number of aromatic nitrogens is 2. The van der Waals surface area contributed by atoms with Crippen LogP contribution < -0.4 is 10.1 Å². The average Bonchev–Trinajstić information content (AvgIpc) is 2.89. The van der Waals surface area contributed by atoms with Gasteiger partial charge in [0.2, 0.25) is 0 Å². The highest BCUT2D eigenvalue weighted by Crippen LogP contribution is 2.41. The molecule has 4 nitrogen and oxygen atoms in total. The van der Waals surface area contributed by atoms with E-state index in [0.29, 0.717) is 13.2 Å². The summed E-state index contributed by atoms with van der Waals surface area (Å²) < 4.78 is 5.54. The molecule has 5 heteroatoms. The summed E-state index contributed by atoms with van der Waals surface area (Å²) in [5.74, 6) is 2.52. The number of nitrogens with zero attached hydrogens (tertiary/aromatic N) is 2. The monoisotopic (exact) mass is 339 g/mol. The largest absolute Gasteiger partial charge is 0.494 e. The fourth-order valence-electron chi connectivity index (χ4n) is 2.75. The van der Waals surface area contributed by atoms with Crippen molar-refractivity contribution in [2.45, 2.75) is 20.8 Å². The Kier molecular flexibility index (Phi) is 4.81. The highest BCUT2D eigenvalue weighted by Gasteiger charge is 2.17. The van der Waals surface area contributed by atoms with Crippen molar-refractivity contribution >= 4 is 27.4 Å². The van der Waals surface area contributed by atoms with E-state index in [1.54, 1.807) is 11.3 Å². The number of benzene rings is 1. The van der Waals surface area contributed by atoms with Gasteiger partial charge >= 0.3 is 0 Å². The normalized spacial score (nSPS) is 10.8. The van der Waals surface area contributed by atoms with Gasteiger partial charge in [-0.1, -0.05) is 18.2 Å². The molecule has 0 fully saturated rings. The van der Waals surface area contributed by atoms with Crippen molar-refractivity contribution < 1.29 is 4.74 Å². The number of rotatable bonds is 6. The molecule has 0 saturated carbocycles. The van der Waals surface area contributed by atoms with Crippen LogP contribution in [0, 0.1) is 13.8 Å². The molecule has 3 rings (SSSR count). The number of anilines is 1. The van der Waals surface area contributed by atoms with Gasteiger partial charge in [0.15, 0.2) is 0 Å². The molecule has 0 atom stereocenters. The lowest BCUT2D eigenvalue weighted by Crippen LogP contribution is -2.03. The van der Waals surface area contributed by atoms with Gasteiger partial charge in [-0.25, -0.2) is 9.97 Å². The van der Waals surface area contributed by atoms with Crippen molar-refractivity contribution in [3.63, 3.8) is 0 Å². The molecule has 0 unspecified atom stereocenters. The average molecular weight is 339 g/mol. The van der Waals surface area contributed by atoms with Crippen LogP contribution in [-0.4, -0.2) is 23.1 Å². The summed E-state index contributed by atoms with van der Waals surface area (Å²) in [5.41, 5.74) is 2.33. The SMILES string of the molecule is C=CCNc1nc(C)nc2sc(C)c(-c3ccc(OCC)cc3)c12. The molecule has 0 aliphatic rings. The third-order valence-corrected chi connectivity index (χ3v) is 4.71. The number of thiophene rings is 1. The maximum absolute atomic E-state index is 5.54. The molecule has 0 saturated heterocycles. The standard InChI is InChI=1S/C19H21N3OS/c1-5-11-20-18-17-16(12(3)24-19(17)22-13(4)21-18)14-7-9-15(10-8-14)23-6-2/h5,7-10H,1,6,11H2,2-4H3,(H,20,21,22). The summed E-state index contributed by atoms with van der Waals surface area (Å²) in [6.45, 7) is 11.2. The molecule has 2 aromatic heterocycles. The zero-order valence-corrected chi connectivity index (χ0v) is 15.0. The van der Waals surface area contributed by atoms with Crippen LogP contribution in [-0.2, 0) is 0 Å². The molecule has 0 amide bonds. The van der Waals surface area contributed by atoms with E-state index >= 15 is 0 Å². The topological polar surface area (TPSA) is 47.0 Å². The maximum atomic E-state index is 5.54. The molecule has 24 heavy (non-hydrogen) atoms. The second-order valence-electron chi connectivity index (χ2n) is 5.46. The molecule has 1 aromatic carbocycles. The van der Waals surface area contributed by atoms with Crippen LogP contribution in [0.5, 0.6) is 5.75 Å². The number of ether oxygens (including phenoxy) is 1. The first-order valence-corrected chi connectivity index (χ1v) is 8.81. The predicted octanol–water partition coefficient (Wildman–Crippen LogP) is 4.97. The minimum atomic E-state index is 0.669. The van der Waals surface area contributed by atoms with Crippen molar-refractivity contribution in [2.75, 3.05) is 18.5 Å². The van der Waals surface area contributed by atoms with Gasteiger partial charge in [-0.05, 0) is 38.5 Å². The highest BCUT2D eigenvalue weighted by atomic mass is 32.1. The van der Waals surface area contributed by atoms with Crippen molar-refractivity contribution in [1.82, 2.24) is 9.97 Å². The van der Waals surface area contributed by atoms with Crippen molar-refractivity contribution in [3.05, 3.63) is 47.6 Å². The molecule has 0 spiro atoms. The minimum absolute atomic E-state index is 0.669. The molecule has 1 N–H and O–H groups in total. The zero-order chi connectivity index (χ0) is 17.1. The van der Waals surface area contributed by atoms with Gasteiger partial charge in [-0.15, -0.1) is 17.9 Å². The van der Waals surface area contributed by atoms with Crippen LogP contribution in [0.25, 0.3) is 21.3 Å². The Morgan fingerprint density at radius 3 is 2.62 bits per heavy atom. The molecule has 124 valence electrons. The Labute approximate surface area is 146 Å². The Bertz CT molecular complexity index is 868. The lowest BCUT2D eigenvalue weighted by molar-refractivity contribution is 0.340. The van der Waals surface area contributed by atoms with Crippen molar-refractivity contribution in [2.24, 2.45) is 0 Å². The number of hydrogen-bond acceptors (Lipinski definition) is 5. The van der Waals surface area contributed by atoms with Gasteiger partial charge in [-0.3, -0.25) is 0 Å². The highest BCUT2D eigenvalue weighted by molar-refractivity contribution is 7.19. The van der Waals surface area contributed by atoms with Gasteiger partial charge in [0.05, 0.1) is 12.0 Å². The number of fused-ring (bicyclic) bond motifs is 1. The van der Waals surface area contributed by atoms with Gasteiger partial charge in [0.25, 0.3) is 0 Å². The van der Waals surface area contributed by atoms with E-state index in [2.05, 4.69) is 40.9 Å². The van der Waals surface area contributed by atoms with Crippen LogP contribution in [0.4, 0.5) is 5.82 Å². The van der Waals surface area contributed by atoms with E-state index in [1.165, 1.54) is 10.4 Å². The molecule has 3 aromatic rings. The summed E-state index contributed by atoms with van der Waals surface area (Å²) in [5, 5.41) is 4.42. The molecule has 0 aliphatic carbocycles. The second kappa shape index (κ2) is 7.01. The first kappa shape index (κ1) is 16.5. The fourth-order valence-corrected chi connectivity index (χ4v) is 3.84. The Hall–Kier alpha value is -2.40. The van der Waals surface area contributed by atoms with Gasteiger partial charge in [-0.2, -0.15) is 0 Å². The first-order valence-electron chi connectivity index (χ1n) is 7.99. The zero-order valence-electron chi connectivity index (χ0n) is 14.2. The van der Waals surface area contributed by atoms with Gasteiger partial charge in [0.1, 0.15) is 22.2 Å². The lowest BCUT2D eigenvalue weighted by Gasteiger charge is -2.09. The summed E-state index contributed by atoms with van der Waals surface area (Å²) in [6.07, 6.45) is 1.83. The summed E-state index contributed by atoms with van der Waals surface area (Å²) in [6, 6.07) is 8.20. The van der Waals surface area contributed by atoms with Crippen LogP contribution >= 0.6 is 11.3 Å². The van der Waals surface area contributed by atoms with Gasteiger partial charge < -0.3 is 10.1 Å². The quantitative estimate of drug-likeness (QED) is 0.644.